The van der Waals surface area contributed by atoms with Gasteiger partial charge in [-0.1, -0.05) is 19.1 Å². The summed E-state index contributed by atoms with van der Waals surface area (Å²) in [6.07, 6.45) is 1.77. The highest BCUT2D eigenvalue weighted by Crippen LogP contribution is 2.41. The fourth-order valence-electron chi connectivity index (χ4n) is 3.34. The second-order valence-electron chi connectivity index (χ2n) is 7.36. The van der Waals surface area contributed by atoms with Crippen LogP contribution in [0.1, 0.15) is 41.6 Å². The Morgan fingerprint density at radius 3 is 2.46 bits per heavy atom. The summed E-state index contributed by atoms with van der Waals surface area (Å²) in [4.78, 5) is 24.3. The molecule has 0 heterocycles. The van der Waals surface area contributed by atoms with Gasteiger partial charge in [-0.05, 0) is 60.7 Å². The normalized spacial score (nSPS) is 26.1. The SMILES string of the molecule is CC1CC1C(=O)Nc1ccc(C(=O)NC2CC2c2cccc(F)c2)cc1. The molecule has 2 aromatic rings. The number of benzene rings is 2. The molecule has 26 heavy (non-hydrogen) atoms. The Morgan fingerprint density at radius 2 is 1.81 bits per heavy atom. The topological polar surface area (TPSA) is 58.2 Å². The van der Waals surface area contributed by atoms with Crippen LogP contribution in [-0.4, -0.2) is 17.9 Å². The van der Waals surface area contributed by atoms with Gasteiger partial charge in [-0.15, -0.1) is 0 Å². The maximum atomic E-state index is 13.3. The fraction of sp³-hybridized carbons (Fsp3) is 0.333. The van der Waals surface area contributed by atoms with Crippen molar-refractivity contribution in [3.05, 3.63) is 65.5 Å². The molecule has 0 spiro atoms. The predicted octanol–water partition coefficient (Wildman–Crippen LogP) is 3.71. The van der Waals surface area contributed by atoms with Crippen molar-refractivity contribution in [1.29, 1.82) is 0 Å². The summed E-state index contributed by atoms with van der Waals surface area (Å²) in [6.45, 7) is 2.06. The first-order valence-electron chi connectivity index (χ1n) is 8.98. The van der Waals surface area contributed by atoms with Gasteiger partial charge in [-0.2, -0.15) is 0 Å². The molecule has 4 unspecified atom stereocenters. The zero-order chi connectivity index (χ0) is 18.3. The largest absolute Gasteiger partial charge is 0.349 e. The highest BCUT2D eigenvalue weighted by Gasteiger charge is 2.40. The van der Waals surface area contributed by atoms with Gasteiger partial charge in [0.15, 0.2) is 0 Å². The molecule has 0 radical (unpaired) electrons. The smallest absolute Gasteiger partial charge is 0.251 e. The number of hydrogen-bond acceptors (Lipinski definition) is 2. The van der Waals surface area contributed by atoms with Gasteiger partial charge in [-0.3, -0.25) is 9.59 Å². The molecule has 0 saturated heterocycles. The second-order valence-corrected chi connectivity index (χ2v) is 7.36. The minimum atomic E-state index is -0.252. The Labute approximate surface area is 151 Å². The van der Waals surface area contributed by atoms with E-state index in [1.54, 1.807) is 30.3 Å². The van der Waals surface area contributed by atoms with Crippen molar-refractivity contribution in [2.24, 2.45) is 11.8 Å². The molecule has 0 aliphatic heterocycles. The van der Waals surface area contributed by atoms with Crippen LogP contribution in [0.2, 0.25) is 0 Å². The van der Waals surface area contributed by atoms with E-state index in [2.05, 4.69) is 17.6 Å². The Morgan fingerprint density at radius 1 is 1.08 bits per heavy atom. The quantitative estimate of drug-likeness (QED) is 0.862. The first-order valence-corrected chi connectivity index (χ1v) is 8.98. The first-order chi connectivity index (χ1) is 12.5. The molecule has 2 fully saturated rings. The third kappa shape index (κ3) is 3.62. The lowest BCUT2D eigenvalue weighted by atomic mass is 10.1. The highest BCUT2D eigenvalue weighted by atomic mass is 19.1. The van der Waals surface area contributed by atoms with E-state index in [1.165, 1.54) is 12.1 Å². The van der Waals surface area contributed by atoms with Crippen LogP contribution in [0.4, 0.5) is 10.1 Å². The molecule has 134 valence electrons. The number of rotatable bonds is 5. The van der Waals surface area contributed by atoms with Gasteiger partial charge in [0.1, 0.15) is 5.82 Å². The van der Waals surface area contributed by atoms with Gasteiger partial charge < -0.3 is 10.6 Å². The number of nitrogens with one attached hydrogen (secondary N) is 2. The predicted molar refractivity (Wildman–Crippen MR) is 97.4 cm³/mol. The Bertz CT molecular complexity index is 849. The minimum absolute atomic E-state index is 0.0417. The summed E-state index contributed by atoms with van der Waals surface area (Å²) >= 11 is 0. The molecule has 2 saturated carbocycles. The summed E-state index contributed by atoms with van der Waals surface area (Å²) in [7, 11) is 0. The van der Waals surface area contributed by atoms with Crippen molar-refractivity contribution < 1.29 is 14.0 Å². The van der Waals surface area contributed by atoms with Crippen molar-refractivity contribution in [1.82, 2.24) is 5.32 Å². The van der Waals surface area contributed by atoms with Gasteiger partial charge in [-0.25, -0.2) is 4.39 Å². The number of carbonyl (C=O) groups excluding carboxylic acids is 2. The van der Waals surface area contributed by atoms with Gasteiger partial charge in [0.2, 0.25) is 5.91 Å². The van der Waals surface area contributed by atoms with Crippen LogP contribution < -0.4 is 10.6 Å². The zero-order valence-electron chi connectivity index (χ0n) is 14.5. The molecule has 4 atom stereocenters. The Hall–Kier alpha value is -2.69. The molecule has 2 N–H and O–H groups in total. The molecule has 2 aromatic carbocycles. The van der Waals surface area contributed by atoms with Crippen molar-refractivity contribution in [3.8, 4) is 0 Å². The molecule has 4 nitrogen and oxygen atoms in total. The lowest BCUT2D eigenvalue weighted by Gasteiger charge is -2.08. The lowest BCUT2D eigenvalue weighted by Crippen LogP contribution is -2.26. The zero-order valence-corrected chi connectivity index (χ0v) is 14.5. The van der Waals surface area contributed by atoms with Crippen LogP contribution >= 0.6 is 0 Å². The van der Waals surface area contributed by atoms with E-state index in [0.717, 1.165) is 18.4 Å². The molecule has 5 heteroatoms. The average molecular weight is 352 g/mol. The summed E-state index contributed by atoms with van der Waals surface area (Å²) in [6, 6.07) is 13.5. The van der Waals surface area contributed by atoms with Crippen LogP contribution in [0.3, 0.4) is 0 Å². The Kier molecular flexibility index (Phi) is 4.23. The number of amides is 2. The summed E-state index contributed by atoms with van der Waals surface area (Å²) in [5, 5.41) is 5.86. The fourth-order valence-corrected chi connectivity index (χ4v) is 3.34. The number of carbonyl (C=O) groups is 2. The summed E-state index contributed by atoms with van der Waals surface area (Å²) < 4.78 is 13.3. The summed E-state index contributed by atoms with van der Waals surface area (Å²) in [5.74, 6) is 0.400. The van der Waals surface area contributed by atoms with Crippen molar-refractivity contribution in [2.45, 2.75) is 31.7 Å². The third-order valence-electron chi connectivity index (χ3n) is 5.24. The maximum absolute atomic E-state index is 13.3. The average Bonchev–Trinajstić information content (AvgIpc) is 3.53. The van der Waals surface area contributed by atoms with Gasteiger partial charge >= 0.3 is 0 Å². The van der Waals surface area contributed by atoms with Gasteiger partial charge in [0, 0.05) is 29.1 Å². The third-order valence-corrected chi connectivity index (χ3v) is 5.24. The molecular formula is C21H21FN2O2. The van der Waals surface area contributed by atoms with E-state index in [9.17, 15) is 14.0 Å². The highest BCUT2D eigenvalue weighted by molar-refractivity contribution is 5.97. The van der Waals surface area contributed by atoms with E-state index < -0.39 is 0 Å². The van der Waals surface area contributed by atoms with E-state index >= 15 is 0 Å². The second kappa shape index (κ2) is 6.56. The van der Waals surface area contributed by atoms with Crippen molar-refractivity contribution in [3.63, 3.8) is 0 Å². The summed E-state index contributed by atoms with van der Waals surface area (Å²) in [5.41, 5.74) is 2.17. The number of anilines is 1. The van der Waals surface area contributed by atoms with E-state index in [-0.39, 0.29) is 35.5 Å². The van der Waals surface area contributed by atoms with Gasteiger partial charge in [0.05, 0.1) is 0 Å². The monoisotopic (exact) mass is 352 g/mol. The minimum Gasteiger partial charge on any atom is -0.349 e. The number of halogens is 1. The van der Waals surface area contributed by atoms with Crippen LogP contribution in [0.25, 0.3) is 0 Å². The molecule has 4 rings (SSSR count). The maximum Gasteiger partial charge on any atom is 0.251 e. The molecule has 2 aliphatic rings. The molecular weight excluding hydrogens is 331 g/mol. The van der Waals surface area contributed by atoms with Crippen molar-refractivity contribution in [2.75, 3.05) is 5.32 Å². The molecule has 2 aliphatic carbocycles. The van der Waals surface area contributed by atoms with Gasteiger partial charge in [0.25, 0.3) is 5.91 Å². The van der Waals surface area contributed by atoms with E-state index in [0.29, 0.717) is 17.2 Å². The van der Waals surface area contributed by atoms with E-state index in [1.807, 2.05) is 6.07 Å². The van der Waals surface area contributed by atoms with Crippen LogP contribution in [-0.2, 0) is 4.79 Å². The Balaban J connectivity index is 1.32. The van der Waals surface area contributed by atoms with Crippen molar-refractivity contribution >= 4 is 17.5 Å². The molecule has 2 amide bonds. The van der Waals surface area contributed by atoms with Crippen LogP contribution in [0, 0.1) is 17.7 Å². The molecule has 0 aromatic heterocycles. The lowest BCUT2D eigenvalue weighted by molar-refractivity contribution is -0.117. The number of hydrogen-bond donors (Lipinski definition) is 2. The standard InChI is InChI=1S/C21H21FN2O2/c1-12-9-17(12)21(26)23-16-7-5-13(6-8-16)20(25)24-19-11-18(19)14-3-2-4-15(22)10-14/h2-8,10,12,17-19H,9,11H2,1H3,(H,23,26)(H,24,25). The van der Waals surface area contributed by atoms with E-state index in [4.69, 9.17) is 0 Å². The first kappa shape index (κ1) is 16.8. The van der Waals surface area contributed by atoms with Crippen LogP contribution in [0.5, 0.6) is 0 Å². The van der Waals surface area contributed by atoms with Crippen LogP contribution in [0.15, 0.2) is 48.5 Å². The molecule has 0 bridgehead atoms.